The highest BCUT2D eigenvalue weighted by molar-refractivity contribution is 5.96. The van der Waals surface area contributed by atoms with Crippen LogP contribution >= 0.6 is 0 Å². The zero-order valence-corrected chi connectivity index (χ0v) is 8.32. The van der Waals surface area contributed by atoms with Crippen molar-refractivity contribution in [3.05, 3.63) is 42.5 Å². The third-order valence-electron chi connectivity index (χ3n) is 1.85. The second-order valence-corrected chi connectivity index (χ2v) is 2.98. The molecule has 2 heteroatoms. The zero-order valence-electron chi connectivity index (χ0n) is 8.32. The summed E-state index contributed by atoms with van der Waals surface area (Å²) in [5.41, 5.74) is 0.636. The fourth-order valence-corrected chi connectivity index (χ4v) is 1.14. The Hall–Kier alpha value is -1.57. The van der Waals surface area contributed by atoms with Gasteiger partial charge in [0.15, 0.2) is 5.78 Å². The van der Waals surface area contributed by atoms with Gasteiger partial charge in [-0.05, 0) is 25.5 Å². The molecule has 14 heavy (non-hydrogen) atoms. The maximum Gasteiger partial charge on any atom is 0.163 e. The van der Waals surface area contributed by atoms with E-state index in [1.165, 1.54) is 6.92 Å². The molecule has 1 aromatic rings. The first kappa shape index (κ1) is 10.5. The summed E-state index contributed by atoms with van der Waals surface area (Å²) in [4.78, 5) is 11.2. The van der Waals surface area contributed by atoms with Crippen molar-refractivity contribution in [2.24, 2.45) is 0 Å². The molecule has 2 nitrogen and oxygen atoms in total. The molecule has 0 saturated carbocycles. The van der Waals surface area contributed by atoms with Gasteiger partial charge in [-0.15, -0.1) is 6.58 Å². The number of benzene rings is 1. The molecule has 0 amide bonds. The monoisotopic (exact) mass is 190 g/mol. The minimum atomic E-state index is 0.0270. The summed E-state index contributed by atoms with van der Waals surface area (Å²) >= 11 is 0. The first-order chi connectivity index (χ1) is 6.75. The van der Waals surface area contributed by atoms with Crippen LogP contribution < -0.4 is 4.74 Å². The van der Waals surface area contributed by atoms with Crippen molar-refractivity contribution in [1.29, 1.82) is 0 Å². The van der Waals surface area contributed by atoms with Crippen molar-refractivity contribution in [3.8, 4) is 5.75 Å². The Labute approximate surface area is 84.2 Å². The molecular formula is C12H14O2. The van der Waals surface area contributed by atoms with Crippen LogP contribution in [0.2, 0.25) is 0 Å². The zero-order chi connectivity index (χ0) is 10.4. The van der Waals surface area contributed by atoms with Gasteiger partial charge in [-0.25, -0.2) is 0 Å². The lowest BCUT2D eigenvalue weighted by Crippen LogP contribution is -2.01. The predicted octanol–water partition coefficient (Wildman–Crippen LogP) is 2.84. The number of ether oxygens (including phenoxy) is 1. The average Bonchev–Trinajstić information content (AvgIpc) is 2.19. The van der Waals surface area contributed by atoms with Crippen LogP contribution in [0.15, 0.2) is 36.9 Å². The molecule has 0 fully saturated rings. The van der Waals surface area contributed by atoms with E-state index in [1.807, 2.05) is 12.1 Å². The van der Waals surface area contributed by atoms with E-state index < -0.39 is 0 Å². The molecule has 0 saturated heterocycles. The molecular weight excluding hydrogens is 176 g/mol. The van der Waals surface area contributed by atoms with E-state index in [0.717, 1.165) is 6.42 Å². The molecule has 74 valence electrons. The highest BCUT2D eigenvalue weighted by Crippen LogP contribution is 2.18. The number of carbonyl (C=O) groups excluding carboxylic acids is 1. The second-order valence-electron chi connectivity index (χ2n) is 2.98. The topological polar surface area (TPSA) is 26.3 Å². The minimum Gasteiger partial charge on any atom is -0.493 e. The molecule has 0 bridgehead atoms. The predicted molar refractivity (Wildman–Crippen MR) is 56.8 cm³/mol. The van der Waals surface area contributed by atoms with Gasteiger partial charge in [0.25, 0.3) is 0 Å². The molecule has 1 rings (SSSR count). The van der Waals surface area contributed by atoms with Gasteiger partial charge in [-0.1, -0.05) is 18.2 Å². The van der Waals surface area contributed by atoms with Crippen LogP contribution in [-0.4, -0.2) is 12.4 Å². The number of ketones is 1. The molecule has 1 aromatic carbocycles. The van der Waals surface area contributed by atoms with E-state index in [4.69, 9.17) is 4.74 Å². The molecule has 0 aliphatic rings. The van der Waals surface area contributed by atoms with Gasteiger partial charge in [0.2, 0.25) is 0 Å². The Morgan fingerprint density at radius 1 is 1.50 bits per heavy atom. The van der Waals surface area contributed by atoms with Gasteiger partial charge in [0.1, 0.15) is 5.75 Å². The lowest BCUT2D eigenvalue weighted by Gasteiger charge is -2.07. The largest absolute Gasteiger partial charge is 0.493 e. The molecule has 0 radical (unpaired) electrons. The number of hydrogen-bond donors (Lipinski definition) is 0. The highest BCUT2D eigenvalue weighted by atomic mass is 16.5. The van der Waals surface area contributed by atoms with Crippen LogP contribution in [0.4, 0.5) is 0 Å². The van der Waals surface area contributed by atoms with Crippen LogP contribution in [-0.2, 0) is 0 Å². The molecule has 0 spiro atoms. The molecule has 0 aliphatic carbocycles. The first-order valence-corrected chi connectivity index (χ1v) is 4.59. The summed E-state index contributed by atoms with van der Waals surface area (Å²) in [5, 5.41) is 0. The lowest BCUT2D eigenvalue weighted by molar-refractivity contribution is 0.101. The summed E-state index contributed by atoms with van der Waals surface area (Å²) in [6.07, 6.45) is 2.57. The van der Waals surface area contributed by atoms with Crippen LogP contribution in [0.5, 0.6) is 5.75 Å². The van der Waals surface area contributed by atoms with Crippen molar-refractivity contribution in [2.75, 3.05) is 6.61 Å². The number of Topliss-reactive ketones (excluding diaryl/α,β-unsaturated/α-hetero) is 1. The number of rotatable bonds is 5. The van der Waals surface area contributed by atoms with Crippen molar-refractivity contribution in [3.63, 3.8) is 0 Å². The Balaban J connectivity index is 2.74. The van der Waals surface area contributed by atoms with Crippen molar-refractivity contribution in [1.82, 2.24) is 0 Å². The quantitative estimate of drug-likeness (QED) is 0.405. The lowest BCUT2D eigenvalue weighted by atomic mass is 10.1. The summed E-state index contributed by atoms with van der Waals surface area (Å²) in [6.45, 7) is 5.70. The minimum absolute atomic E-state index is 0.0270. The van der Waals surface area contributed by atoms with Crippen molar-refractivity contribution < 1.29 is 9.53 Å². The Morgan fingerprint density at radius 2 is 2.21 bits per heavy atom. The number of para-hydroxylation sites is 1. The van der Waals surface area contributed by atoms with Crippen molar-refractivity contribution in [2.45, 2.75) is 13.3 Å². The Kier molecular flexibility index (Phi) is 3.92. The molecule has 0 N–H and O–H groups in total. The first-order valence-electron chi connectivity index (χ1n) is 4.59. The Bertz CT molecular complexity index is 329. The molecule has 0 aliphatic heterocycles. The highest BCUT2D eigenvalue weighted by Gasteiger charge is 2.05. The fourth-order valence-electron chi connectivity index (χ4n) is 1.14. The summed E-state index contributed by atoms with van der Waals surface area (Å²) in [6, 6.07) is 7.26. The maximum absolute atomic E-state index is 11.2. The fraction of sp³-hybridized carbons (Fsp3) is 0.250. The van der Waals surface area contributed by atoms with Crippen LogP contribution in [0.25, 0.3) is 0 Å². The molecule has 0 heterocycles. The average molecular weight is 190 g/mol. The standard InChI is InChI=1S/C12H14O2/c1-3-4-9-14-12-8-6-5-7-11(12)10(2)13/h3,5-8H,1,4,9H2,2H3. The number of hydrogen-bond acceptors (Lipinski definition) is 2. The van der Waals surface area contributed by atoms with Gasteiger partial charge < -0.3 is 4.74 Å². The van der Waals surface area contributed by atoms with Gasteiger partial charge in [0, 0.05) is 0 Å². The Morgan fingerprint density at radius 3 is 2.86 bits per heavy atom. The third-order valence-corrected chi connectivity index (χ3v) is 1.85. The van der Waals surface area contributed by atoms with Crippen molar-refractivity contribution >= 4 is 5.78 Å². The third kappa shape index (κ3) is 2.73. The van der Waals surface area contributed by atoms with Crippen LogP contribution in [0.1, 0.15) is 23.7 Å². The smallest absolute Gasteiger partial charge is 0.163 e. The van der Waals surface area contributed by atoms with Crippen LogP contribution in [0, 0.1) is 0 Å². The molecule has 0 aromatic heterocycles. The van der Waals surface area contributed by atoms with E-state index in [1.54, 1.807) is 18.2 Å². The normalized spacial score (nSPS) is 9.50. The van der Waals surface area contributed by atoms with E-state index in [0.29, 0.717) is 17.9 Å². The van der Waals surface area contributed by atoms with E-state index >= 15 is 0 Å². The van der Waals surface area contributed by atoms with E-state index in [9.17, 15) is 4.79 Å². The summed E-state index contributed by atoms with van der Waals surface area (Å²) in [5.74, 6) is 0.682. The molecule has 0 atom stereocenters. The summed E-state index contributed by atoms with van der Waals surface area (Å²) < 4.78 is 5.45. The van der Waals surface area contributed by atoms with Gasteiger partial charge in [-0.2, -0.15) is 0 Å². The van der Waals surface area contributed by atoms with E-state index in [-0.39, 0.29) is 5.78 Å². The van der Waals surface area contributed by atoms with E-state index in [2.05, 4.69) is 6.58 Å². The molecule has 0 unspecified atom stereocenters. The van der Waals surface area contributed by atoms with Gasteiger partial charge in [-0.3, -0.25) is 4.79 Å². The SMILES string of the molecule is C=CCCOc1ccccc1C(C)=O. The summed E-state index contributed by atoms with van der Waals surface area (Å²) in [7, 11) is 0. The van der Waals surface area contributed by atoms with Crippen LogP contribution in [0.3, 0.4) is 0 Å². The second kappa shape index (κ2) is 5.22. The maximum atomic E-state index is 11.2. The number of carbonyl (C=O) groups is 1. The van der Waals surface area contributed by atoms with Gasteiger partial charge >= 0.3 is 0 Å². The van der Waals surface area contributed by atoms with Gasteiger partial charge in [0.05, 0.1) is 12.2 Å².